The van der Waals surface area contributed by atoms with Crippen molar-refractivity contribution in [2.75, 3.05) is 6.54 Å². The number of unbranched alkanes of at least 4 members (excludes halogenated alkanes) is 3. The minimum absolute atomic E-state index is 0.119. The minimum atomic E-state index is -0.471. The fourth-order valence-corrected chi connectivity index (χ4v) is 1.22. The van der Waals surface area contributed by atoms with Gasteiger partial charge >= 0.3 is 0 Å². The van der Waals surface area contributed by atoms with Gasteiger partial charge in [0.2, 0.25) is 5.91 Å². The Morgan fingerprint density at radius 1 is 1.36 bits per heavy atom. The Hall–Kier alpha value is -1.04. The molecule has 0 spiro atoms. The first-order valence-corrected chi connectivity index (χ1v) is 5.43. The summed E-state index contributed by atoms with van der Waals surface area (Å²) in [6.07, 6.45) is 5.17. The van der Waals surface area contributed by atoms with Crippen molar-refractivity contribution in [3.63, 3.8) is 0 Å². The number of nitrogens with zero attached hydrogens (tertiary/aromatic N) is 1. The molecule has 0 fully saturated rings. The molecule has 1 N–H and O–H groups in total. The summed E-state index contributed by atoms with van der Waals surface area (Å²) >= 11 is 0. The highest BCUT2D eigenvalue weighted by Gasteiger charge is 2.13. The number of nitrogens with one attached hydrogen (secondary N) is 1. The SMILES string of the molecule is CCCCCCNC(=O)C(C#N)CC. The first-order chi connectivity index (χ1) is 6.76. The Balaban J connectivity index is 3.49. The Morgan fingerprint density at radius 2 is 2.07 bits per heavy atom. The number of rotatable bonds is 7. The smallest absolute Gasteiger partial charge is 0.237 e. The van der Waals surface area contributed by atoms with Gasteiger partial charge in [-0.05, 0) is 12.8 Å². The molecule has 1 amide bonds. The average Bonchev–Trinajstić information content (AvgIpc) is 2.19. The van der Waals surface area contributed by atoms with Crippen LogP contribution in [0.3, 0.4) is 0 Å². The maximum atomic E-state index is 11.3. The second kappa shape index (κ2) is 8.55. The highest BCUT2D eigenvalue weighted by Crippen LogP contribution is 2.01. The highest BCUT2D eigenvalue weighted by molar-refractivity contribution is 5.80. The zero-order valence-electron chi connectivity index (χ0n) is 9.18. The Morgan fingerprint density at radius 3 is 2.57 bits per heavy atom. The Bertz CT molecular complexity index is 196. The van der Waals surface area contributed by atoms with Gasteiger partial charge in [-0.3, -0.25) is 4.79 Å². The maximum Gasteiger partial charge on any atom is 0.237 e. The second-order valence-electron chi connectivity index (χ2n) is 3.44. The Kier molecular flexibility index (Phi) is 7.92. The van der Waals surface area contributed by atoms with Crippen molar-refractivity contribution in [2.24, 2.45) is 5.92 Å². The first kappa shape index (κ1) is 13.0. The summed E-state index contributed by atoms with van der Waals surface area (Å²) in [5, 5.41) is 11.4. The molecule has 0 bridgehead atoms. The Labute approximate surface area is 86.5 Å². The standard InChI is InChI=1S/C11H20N2O/c1-3-5-6-7-8-13-11(14)10(4-2)9-12/h10H,3-8H2,1-2H3,(H,13,14). The van der Waals surface area contributed by atoms with Gasteiger partial charge in [0.05, 0.1) is 6.07 Å². The monoisotopic (exact) mass is 196 g/mol. The number of carbonyl (C=O) groups is 1. The third-order valence-electron chi connectivity index (χ3n) is 2.21. The number of amides is 1. The van der Waals surface area contributed by atoms with Gasteiger partial charge < -0.3 is 5.32 Å². The second-order valence-corrected chi connectivity index (χ2v) is 3.44. The van der Waals surface area contributed by atoms with E-state index in [0.717, 1.165) is 12.8 Å². The van der Waals surface area contributed by atoms with Crippen LogP contribution in [-0.4, -0.2) is 12.5 Å². The van der Waals surface area contributed by atoms with E-state index < -0.39 is 5.92 Å². The van der Waals surface area contributed by atoms with Gasteiger partial charge in [0.1, 0.15) is 5.92 Å². The van der Waals surface area contributed by atoms with Gasteiger partial charge in [-0.1, -0.05) is 33.1 Å². The molecular formula is C11H20N2O. The lowest BCUT2D eigenvalue weighted by molar-refractivity contribution is -0.123. The van der Waals surface area contributed by atoms with E-state index in [2.05, 4.69) is 12.2 Å². The third-order valence-corrected chi connectivity index (χ3v) is 2.21. The van der Waals surface area contributed by atoms with Crippen molar-refractivity contribution in [3.8, 4) is 6.07 Å². The molecule has 0 saturated heterocycles. The van der Waals surface area contributed by atoms with Crippen LogP contribution in [0.4, 0.5) is 0 Å². The van der Waals surface area contributed by atoms with Crippen molar-refractivity contribution in [3.05, 3.63) is 0 Å². The number of nitriles is 1. The zero-order chi connectivity index (χ0) is 10.8. The number of hydrogen-bond donors (Lipinski definition) is 1. The van der Waals surface area contributed by atoms with Gasteiger partial charge in [0.25, 0.3) is 0 Å². The normalized spacial score (nSPS) is 11.8. The molecular weight excluding hydrogens is 176 g/mol. The van der Waals surface area contributed by atoms with Crippen LogP contribution in [0.5, 0.6) is 0 Å². The number of hydrogen-bond acceptors (Lipinski definition) is 2. The van der Waals surface area contributed by atoms with Crippen molar-refractivity contribution < 1.29 is 4.79 Å². The van der Waals surface area contributed by atoms with E-state index in [-0.39, 0.29) is 5.91 Å². The lowest BCUT2D eigenvalue weighted by Gasteiger charge is -2.07. The molecule has 0 aliphatic carbocycles. The maximum absolute atomic E-state index is 11.3. The molecule has 1 atom stereocenters. The van der Waals surface area contributed by atoms with Gasteiger partial charge in [0.15, 0.2) is 0 Å². The predicted octanol–water partition coefficient (Wildman–Crippen LogP) is 2.23. The van der Waals surface area contributed by atoms with Crippen LogP contribution in [0.2, 0.25) is 0 Å². The largest absolute Gasteiger partial charge is 0.355 e. The van der Waals surface area contributed by atoms with Gasteiger partial charge in [-0.25, -0.2) is 0 Å². The van der Waals surface area contributed by atoms with Crippen molar-refractivity contribution in [1.29, 1.82) is 5.26 Å². The molecule has 0 aliphatic rings. The molecule has 0 aromatic rings. The van der Waals surface area contributed by atoms with Crippen LogP contribution in [0.1, 0.15) is 46.0 Å². The topological polar surface area (TPSA) is 52.9 Å². The summed E-state index contributed by atoms with van der Waals surface area (Å²) in [6, 6.07) is 1.99. The zero-order valence-corrected chi connectivity index (χ0v) is 9.18. The summed E-state index contributed by atoms with van der Waals surface area (Å²) in [6.45, 7) is 4.71. The molecule has 80 valence electrons. The van der Waals surface area contributed by atoms with E-state index in [9.17, 15) is 4.79 Å². The van der Waals surface area contributed by atoms with E-state index in [4.69, 9.17) is 5.26 Å². The summed E-state index contributed by atoms with van der Waals surface area (Å²) in [5.41, 5.74) is 0. The van der Waals surface area contributed by atoms with Gasteiger partial charge in [-0.2, -0.15) is 5.26 Å². The predicted molar refractivity (Wildman–Crippen MR) is 56.5 cm³/mol. The molecule has 0 heterocycles. The van der Waals surface area contributed by atoms with E-state index in [1.54, 1.807) is 0 Å². The lowest BCUT2D eigenvalue weighted by atomic mass is 10.1. The van der Waals surface area contributed by atoms with Crippen molar-refractivity contribution in [2.45, 2.75) is 46.0 Å². The summed E-state index contributed by atoms with van der Waals surface area (Å²) in [5.74, 6) is -0.590. The van der Waals surface area contributed by atoms with E-state index in [1.165, 1.54) is 12.8 Å². The quantitative estimate of drug-likeness (QED) is 0.635. The molecule has 3 heteroatoms. The van der Waals surface area contributed by atoms with Crippen LogP contribution in [-0.2, 0) is 4.79 Å². The third kappa shape index (κ3) is 5.58. The van der Waals surface area contributed by atoms with E-state index in [1.807, 2.05) is 13.0 Å². The van der Waals surface area contributed by atoms with E-state index >= 15 is 0 Å². The summed E-state index contributed by atoms with van der Waals surface area (Å²) in [7, 11) is 0. The van der Waals surface area contributed by atoms with Crippen LogP contribution in [0, 0.1) is 17.2 Å². The van der Waals surface area contributed by atoms with Crippen LogP contribution >= 0.6 is 0 Å². The molecule has 0 aromatic carbocycles. The molecule has 3 nitrogen and oxygen atoms in total. The van der Waals surface area contributed by atoms with E-state index in [0.29, 0.717) is 13.0 Å². The van der Waals surface area contributed by atoms with Gasteiger partial charge in [0, 0.05) is 6.54 Å². The summed E-state index contributed by atoms with van der Waals surface area (Å²) in [4.78, 5) is 11.3. The summed E-state index contributed by atoms with van der Waals surface area (Å²) < 4.78 is 0. The molecule has 0 aliphatic heterocycles. The molecule has 14 heavy (non-hydrogen) atoms. The first-order valence-electron chi connectivity index (χ1n) is 5.43. The van der Waals surface area contributed by atoms with Gasteiger partial charge in [-0.15, -0.1) is 0 Å². The molecule has 0 rings (SSSR count). The minimum Gasteiger partial charge on any atom is -0.355 e. The lowest BCUT2D eigenvalue weighted by Crippen LogP contribution is -2.30. The van der Waals surface area contributed by atoms with Crippen LogP contribution < -0.4 is 5.32 Å². The highest BCUT2D eigenvalue weighted by atomic mass is 16.1. The van der Waals surface area contributed by atoms with Crippen LogP contribution in [0.25, 0.3) is 0 Å². The molecule has 1 unspecified atom stereocenters. The molecule has 0 saturated carbocycles. The average molecular weight is 196 g/mol. The number of carbonyl (C=O) groups excluding carboxylic acids is 1. The van der Waals surface area contributed by atoms with Crippen LogP contribution in [0.15, 0.2) is 0 Å². The fourth-order valence-electron chi connectivity index (χ4n) is 1.22. The molecule has 0 aromatic heterocycles. The molecule has 0 radical (unpaired) electrons. The fraction of sp³-hybridized carbons (Fsp3) is 0.818. The van der Waals surface area contributed by atoms with Crippen molar-refractivity contribution in [1.82, 2.24) is 5.32 Å². The van der Waals surface area contributed by atoms with Crippen molar-refractivity contribution >= 4 is 5.91 Å².